The van der Waals surface area contributed by atoms with E-state index in [4.69, 9.17) is 0 Å². The average Bonchev–Trinajstić information content (AvgIpc) is 3.01. The molecule has 3 nitrogen and oxygen atoms in total. The molecule has 3 rings (SSSR count). The summed E-state index contributed by atoms with van der Waals surface area (Å²) in [5.74, 6) is -0.528. The maximum atomic E-state index is 13.2. The Bertz CT molecular complexity index is 701. The molecule has 0 amide bonds. The summed E-state index contributed by atoms with van der Waals surface area (Å²) in [6.07, 6.45) is 3.81. The molecule has 0 saturated heterocycles. The van der Waals surface area contributed by atoms with Gasteiger partial charge in [-0.2, -0.15) is 5.10 Å². The van der Waals surface area contributed by atoms with Gasteiger partial charge in [-0.25, -0.2) is 13.8 Å². The van der Waals surface area contributed by atoms with Crippen LogP contribution in [-0.4, -0.2) is 22.8 Å². The predicted molar refractivity (Wildman–Crippen MR) is 91.0 cm³/mol. The van der Waals surface area contributed by atoms with Crippen molar-refractivity contribution in [1.29, 1.82) is 0 Å². The van der Waals surface area contributed by atoms with Crippen LogP contribution in [0.1, 0.15) is 0 Å². The van der Waals surface area contributed by atoms with E-state index in [1.54, 1.807) is 11.0 Å². The monoisotopic (exact) mass is 351 g/mol. The molecule has 0 bridgehead atoms. The number of aromatic nitrogens is 3. The fraction of sp³-hybridized carbons (Fsp3) is 0.125. The molecule has 23 heavy (non-hydrogen) atoms. The van der Waals surface area contributed by atoms with Crippen molar-refractivity contribution in [1.82, 2.24) is 14.8 Å². The van der Waals surface area contributed by atoms with Gasteiger partial charge in [0.05, 0.1) is 0 Å². The van der Waals surface area contributed by atoms with Gasteiger partial charge in [-0.3, -0.25) is 4.68 Å². The van der Waals surface area contributed by atoms with Crippen molar-refractivity contribution in [3.63, 3.8) is 0 Å². The number of rotatable bonds is 4. The highest BCUT2D eigenvalue weighted by molar-refractivity contribution is 7.00. The van der Waals surface area contributed by atoms with E-state index < -0.39 is 8.07 Å². The molecular formula is C16H16ClF2N3Si. The van der Waals surface area contributed by atoms with Gasteiger partial charge in [0.2, 0.25) is 0 Å². The van der Waals surface area contributed by atoms with Crippen LogP contribution in [0.5, 0.6) is 0 Å². The molecule has 0 saturated carbocycles. The highest BCUT2D eigenvalue weighted by Gasteiger charge is 2.33. The van der Waals surface area contributed by atoms with E-state index in [0.717, 1.165) is 10.4 Å². The van der Waals surface area contributed by atoms with Crippen LogP contribution in [0, 0.1) is 11.6 Å². The summed E-state index contributed by atoms with van der Waals surface area (Å²) in [5, 5.41) is 6.31. The van der Waals surface area contributed by atoms with Crippen molar-refractivity contribution < 1.29 is 8.78 Å². The Morgan fingerprint density at radius 3 is 1.78 bits per heavy atom. The van der Waals surface area contributed by atoms with Crippen LogP contribution in [0.15, 0.2) is 61.2 Å². The second-order valence-corrected chi connectivity index (χ2v) is 9.57. The van der Waals surface area contributed by atoms with Gasteiger partial charge in [-0.05, 0) is 24.3 Å². The van der Waals surface area contributed by atoms with Gasteiger partial charge < -0.3 is 0 Å². The number of nitrogens with zero attached hydrogens (tertiary/aromatic N) is 3. The third kappa shape index (κ3) is 3.65. The largest absolute Gasteiger partial charge is 0.255 e. The van der Waals surface area contributed by atoms with Gasteiger partial charge in [0.1, 0.15) is 32.4 Å². The molecule has 0 unspecified atom stereocenters. The lowest BCUT2D eigenvalue weighted by atomic mass is 10.3. The third-order valence-electron chi connectivity index (χ3n) is 3.91. The van der Waals surface area contributed by atoms with Gasteiger partial charge in [-0.1, -0.05) is 41.2 Å². The summed E-state index contributed by atoms with van der Waals surface area (Å²) in [5.41, 5.74) is 0. The third-order valence-corrected chi connectivity index (χ3v) is 8.08. The van der Waals surface area contributed by atoms with E-state index in [-0.39, 0.29) is 24.0 Å². The van der Waals surface area contributed by atoms with E-state index in [1.807, 2.05) is 24.3 Å². The summed E-state index contributed by atoms with van der Waals surface area (Å²) >= 11 is 0. The molecule has 2 aromatic carbocycles. The SMILES string of the molecule is C[Si](Cn1cncn1)(c1ccc(F)cc1)c1ccc(F)cc1.Cl. The summed E-state index contributed by atoms with van der Waals surface area (Å²) in [6.45, 7) is 2.16. The summed E-state index contributed by atoms with van der Waals surface area (Å²) in [6, 6.07) is 13.1. The Balaban J connectivity index is 0.00000192. The quantitative estimate of drug-likeness (QED) is 0.676. The molecule has 0 N–H and O–H groups in total. The lowest BCUT2D eigenvalue weighted by molar-refractivity contribution is 0.628. The first-order valence-corrected chi connectivity index (χ1v) is 9.63. The Kier molecular flexibility index (Phi) is 5.28. The highest BCUT2D eigenvalue weighted by Crippen LogP contribution is 2.10. The van der Waals surface area contributed by atoms with Gasteiger partial charge in [0.15, 0.2) is 0 Å². The van der Waals surface area contributed by atoms with E-state index in [1.165, 1.54) is 30.6 Å². The molecule has 0 atom stereocenters. The van der Waals surface area contributed by atoms with Crippen LogP contribution in [0.25, 0.3) is 0 Å². The Labute approximate surface area is 140 Å². The molecule has 0 aliphatic carbocycles. The van der Waals surface area contributed by atoms with Crippen molar-refractivity contribution >= 4 is 30.9 Å². The molecule has 1 heterocycles. The van der Waals surface area contributed by atoms with Gasteiger partial charge in [0.25, 0.3) is 0 Å². The van der Waals surface area contributed by atoms with Crippen molar-refractivity contribution in [2.45, 2.75) is 12.7 Å². The standard InChI is InChI=1S/C16H15F2N3Si.ClH/c1-22(12-21-11-19-10-20-21,15-6-2-13(17)3-7-15)16-8-4-14(18)5-9-16;/h2-11H,12H2,1H3;1H. The molecule has 0 spiro atoms. The average molecular weight is 352 g/mol. The summed E-state index contributed by atoms with van der Waals surface area (Å²) in [7, 11) is -2.22. The number of hydrogen-bond acceptors (Lipinski definition) is 2. The molecule has 3 aromatic rings. The second-order valence-electron chi connectivity index (χ2n) is 5.44. The van der Waals surface area contributed by atoms with Gasteiger partial charge in [-0.15, -0.1) is 12.4 Å². The summed E-state index contributed by atoms with van der Waals surface area (Å²) in [4.78, 5) is 3.98. The van der Waals surface area contributed by atoms with Crippen LogP contribution in [0.4, 0.5) is 8.78 Å². The minimum Gasteiger partial charge on any atom is -0.255 e. The van der Waals surface area contributed by atoms with Crippen LogP contribution < -0.4 is 10.4 Å². The minimum absolute atomic E-state index is 0. The maximum absolute atomic E-state index is 13.2. The van der Waals surface area contributed by atoms with E-state index in [9.17, 15) is 8.78 Å². The number of halogens is 3. The predicted octanol–water partition coefficient (Wildman–Crippen LogP) is 2.41. The topological polar surface area (TPSA) is 30.7 Å². The lowest BCUT2D eigenvalue weighted by Gasteiger charge is -2.28. The molecule has 0 radical (unpaired) electrons. The number of benzene rings is 2. The van der Waals surface area contributed by atoms with Crippen molar-refractivity contribution in [3.05, 3.63) is 72.8 Å². The lowest BCUT2D eigenvalue weighted by Crippen LogP contribution is -2.59. The van der Waals surface area contributed by atoms with Gasteiger partial charge in [0, 0.05) is 6.17 Å². The first-order chi connectivity index (χ1) is 10.6. The first kappa shape index (κ1) is 17.3. The fourth-order valence-electron chi connectivity index (χ4n) is 2.62. The van der Waals surface area contributed by atoms with Crippen LogP contribution in [-0.2, 0) is 6.17 Å². The van der Waals surface area contributed by atoms with E-state index in [2.05, 4.69) is 16.6 Å². The fourth-order valence-corrected chi connectivity index (χ4v) is 5.94. The van der Waals surface area contributed by atoms with Crippen LogP contribution in [0.2, 0.25) is 6.55 Å². The zero-order valence-corrected chi connectivity index (χ0v) is 14.3. The van der Waals surface area contributed by atoms with Crippen molar-refractivity contribution in [3.8, 4) is 0 Å². The second kappa shape index (κ2) is 7.02. The zero-order chi connectivity index (χ0) is 15.6. The molecule has 0 aliphatic heterocycles. The summed E-state index contributed by atoms with van der Waals surface area (Å²) < 4.78 is 28.3. The highest BCUT2D eigenvalue weighted by atomic mass is 35.5. The van der Waals surface area contributed by atoms with E-state index >= 15 is 0 Å². The van der Waals surface area contributed by atoms with Crippen LogP contribution in [0.3, 0.4) is 0 Å². The Hall–Kier alpha value is -2.05. The van der Waals surface area contributed by atoms with Crippen molar-refractivity contribution in [2.75, 3.05) is 0 Å². The zero-order valence-electron chi connectivity index (χ0n) is 12.5. The van der Waals surface area contributed by atoms with Crippen LogP contribution >= 0.6 is 12.4 Å². The Morgan fingerprint density at radius 1 is 0.913 bits per heavy atom. The molecule has 0 fully saturated rings. The molecule has 1 aromatic heterocycles. The minimum atomic E-state index is -2.22. The van der Waals surface area contributed by atoms with Gasteiger partial charge >= 0.3 is 0 Å². The molecule has 120 valence electrons. The van der Waals surface area contributed by atoms with E-state index in [0.29, 0.717) is 6.17 Å². The molecular weight excluding hydrogens is 336 g/mol. The normalized spacial score (nSPS) is 11.1. The Morgan fingerprint density at radius 2 is 1.39 bits per heavy atom. The van der Waals surface area contributed by atoms with Crippen molar-refractivity contribution in [2.24, 2.45) is 0 Å². The smallest absolute Gasteiger partial charge is 0.137 e. The maximum Gasteiger partial charge on any atom is 0.137 e. The molecule has 0 aliphatic rings. The number of hydrogen-bond donors (Lipinski definition) is 0. The molecule has 7 heteroatoms. The first-order valence-electron chi connectivity index (χ1n) is 6.92.